The molecule has 0 aliphatic carbocycles. The molecule has 0 N–H and O–H groups in total. The molecule has 1 aromatic rings. The minimum absolute atomic E-state index is 0.117. The number of unbranched alkanes of at least 4 members (excludes halogenated alkanes) is 1. The number of amides is 1. The van der Waals surface area contributed by atoms with Crippen LogP contribution in [0.1, 0.15) is 37.0 Å². The Balaban J connectivity index is 1.98. The Morgan fingerprint density at radius 2 is 1.88 bits per heavy atom. The average molecular weight is 372 g/mol. The summed E-state index contributed by atoms with van der Waals surface area (Å²) in [5, 5.41) is 0. The van der Waals surface area contributed by atoms with Gasteiger partial charge in [0.05, 0.1) is 12.4 Å². The molecule has 0 atom stereocenters. The molecule has 0 saturated carbocycles. The van der Waals surface area contributed by atoms with Crippen LogP contribution in [0.4, 0.5) is 4.39 Å². The van der Waals surface area contributed by atoms with Gasteiger partial charge in [-0.3, -0.25) is 4.79 Å². The highest BCUT2D eigenvalue weighted by atomic mass is 32.2. The number of nitrogens with zero attached hydrogens (tertiary/aromatic N) is 2. The van der Waals surface area contributed by atoms with Crippen molar-refractivity contribution in [1.29, 1.82) is 0 Å². The largest absolute Gasteiger partial charge is 0.491 e. The fourth-order valence-electron chi connectivity index (χ4n) is 2.71. The second kappa shape index (κ2) is 8.62. The van der Waals surface area contributed by atoms with Gasteiger partial charge in [-0.15, -0.1) is 0 Å². The fourth-order valence-corrected chi connectivity index (χ4v) is 4.35. The molecule has 1 heterocycles. The molecule has 0 spiro atoms. The van der Waals surface area contributed by atoms with Gasteiger partial charge in [0.1, 0.15) is 0 Å². The number of hydrogen-bond donors (Lipinski definition) is 0. The maximum Gasteiger partial charge on any atom is 0.254 e. The number of halogens is 1. The highest BCUT2D eigenvalue weighted by Crippen LogP contribution is 2.20. The molecule has 0 aromatic heterocycles. The van der Waals surface area contributed by atoms with Crippen LogP contribution in [0.15, 0.2) is 18.2 Å². The summed E-state index contributed by atoms with van der Waals surface area (Å²) >= 11 is 0. The van der Waals surface area contributed by atoms with Crippen LogP contribution in [0.5, 0.6) is 5.75 Å². The Morgan fingerprint density at radius 3 is 2.44 bits per heavy atom. The lowest BCUT2D eigenvalue weighted by atomic mass is 10.1. The normalized spacial score (nSPS) is 16.0. The third-order valence-electron chi connectivity index (χ3n) is 4.15. The molecular formula is C17H25FN2O4S. The van der Waals surface area contributed by atoms with Crippen LogP contribution in [0.25, 0.3) is 0 Å². The lowest BCUT2D eigenvalue weighted by Gasteiger charge is -2.34. The summed E-state index contributed by atoms with van der Waals surface area (Å²) in [7, 11) is -3.26. The van der Waals surface area contributed by atoms with E-state index < -0.39 is 15.8 Å². The van der Waals surface area contributed by atoms with Gasteiger partial charge in [0.15, 0.2) is 11.6 Å². The van der Waals surface area contributed by atoms with Crippen molar-refractivity contribution in [2.75, 3.05) is 38.5 Å². The monoisotopic (exact) mass is 372 g/mol. The van der Waals surface area contributed by atoms with Gasteiger partial charge < -0.3 is 9.64 Å². The van der Waals surface area contributed by atoms with Crippen molar-refractivity contribution in [2.45, 2.75) is 26.7 Å². The van der Waals surface area contributed by atoms with Gasteiger partial charge in [-0.1, -0.05) is 13.3 Å². The van der Waals surface area contributed by atoms with E-state index in [-0.39, 0.29) is 36.1 Å². The molecule has 25 heavy (non-hydrogen) atoms. The summed E-state index contributed by atoms with van der Waals surface area (Å²) in [5.74, 6) is -0.617. The Bertz CT molecular complexity index is 701. The molecule has 1 amide bonds. The van der Waals surface area contributed by atoms with E-state index in [2.05, 4.69) is 0 Å². The molecule has 1 fully saturated rings. The van der Waals surface area contributed by atoms with E-state index in [0.29, 0.717) is 26.1 Å². The van der Waals surface area contributed by atoms with E-state index in [9.17, 15) is 17.6 Å². The second-order valence-electron chi connectivity index (χ2n) is 5.94. The molecular weight excluding hydrogens is 347 g/mol. The van der Waals surface area contributed by atoms with Crippen molar-refractivity contribution in [3.63, 3.8) is 0 Å². The number of hydrogen-bond acceptors (Lipinski definition) is 4. The second-order valence-corrected chi connectivity index (χ2v) is 8.03. The van der Waals surface area contributed by atoms with Crippen molar-refractivity contribution in [2.24, 2.45) is 0 Å². The minimum atomic E-state index is -3.26. The highest BCUT2D eigenvalue weighted by Gasteiger charge is 2.29. The molecule has 1 saturated heterocycles. The molecule has 6 nitrogen and oxygen atoms in total. The summed E-state index contributed by atoms with van der Waals surface area (Å²) in [6, 6.07) is 4.13. The first-order valence-corrected chi connectivity index (χ1v) is 10.2. The van der Waals surface area contributed by atoms with E-state index in [4.69, 9.17) is 4.74 Å². The standard InChI is InChI=1S/C17H25FN2O4S/c1-3-5-12-25(22,23)20-10-8-19(9-11-20)17(21)14-6-7-16(24-4-2)15(18)13-14/h6-7,13H,3-5,8-12H2,1-2H3. The zero-order valence-electron chi connectivity index (χ0n) is 14.7. The van der Waals surface area contributed by atoms with Gasteiger partial charge in [0, 0.05) is 31.7 Å². The fraction of sp³-hybridized carbons (Fsp3) is 0.588. The lowest BCUT2D eigenvalue weighted by molar-refractivity contribution is 0.0697. The van der Waals surface area contributed by atoms with Gasteiger partial charge in [-0.05, 0) is 31.5 Å². The van der Waals surface area contributed by atoms with Crippen LogP contribution >= 0.6 is 0 Å². The van der Waals surface area contributed by atoms with E-state index in [0.717, 1.165) is 12.5 Å². The van der Waals surface area contributed by atoms with Crippen molar-refractivity contribution < 1.29 is 22.3 Å². The summed E-state index contributed by atoms with van der Waals surface area (Å²) in [6.45, 7) is 5.21. The number of sulfonamides is 1. The van der Waals surface area contributed by atoms with Crippen LogP contribution in [-0.2, 0) is 10.0 Å². The van der Waals surface area contributed by atoms with E-state index in [1.165, 1.54) is 16.4 Å². The molecule has 2 rings (SSSR count). The molecule has 140 valence electrons. The van der Waals surface area contributed by atoms with Gasteiger partial charge >= 0.3 is 0 Å². The predicted molar refractivity (Wildman–Crippen MR) is 93.7 cm³/mol. The third-order valence-corrected chi connectivity index (χ3v) is 6.11. The minimum Gasteiger partial charge on any atom is -0.491 e. The Hall–Kier alpha value is -1.67. The van der Waals surface area contributed by atoms with E-state index in [1.807, 2.05) is 6.92 Å². The van der Waals surface area contributed by atoms with Crippen LogP contribution < -0.4 is 4.74 Å². The number of benzene rings is 1. The average Bonchev–Trinajstić information content (AvgIpc) is 2.61. The summed E-state index contributed by atoms with van der Waals surface area (Å²) < 4.78 is 44.9. The molecule has 0 unspecified atom stereocenters. The highest BCUT2D eigenvalue weighted by molar-refractivity contribution is 7.89. The van der Waals surface area contributed by atoms with Crippen molar-refractivity contribution >= 4 is 15.9 Å². The van der Waals surface area contributed by atoms with Crippen molar-refractivity contribution in [3.8, 4) is 5.75 Å². The lowest BCUT2D eigenvalue weighted by Crippen LogP contribution is -2.51. The molecule has 1 aliphatic heterocycles. The van der Waals surface area contributed by atoms with Crippen LogP contribution in [0.3, 0.4) is 0 Å². The summed E-state index contributed by atoms with van der Waals surface area (Å²) in [6.07, 6.45) is 1.45. The van der Waals surface area contributed by atoms with E-state index in [1.54, 1.807) is 11.8 Å². The van der Waals surface area contributed by atoms with Gasteiger partial charge in [0.2, 0.25) is 10.0 Å². The molecule has 1 aliphatic rings. The SMILES string of the molecule is CCCCS(=O)(=O)N1CCN(C(=O)c2ccc(OCC)c(F)c2)CC1. The Morgan fingerprint density at radius 1 is 1.20 bits per heavy atom. The van der Waals surface area contributed by atoms with Crippen LogP contribution in [0.2, 0.25) is 0 Å². The molecule has 8 heteroatoms. The zero-order chi connectivity index (χ0) is 18.4. The number of piperazine rings is 1. The Kier molecular flexibility index (Phi) is 6.78. The first kappa shape index (κ1) is 19.7. The van der Waals surface area contributed by atoms with E-state index >= 15 is 0 Å². The summed E-state index contributed by atoms with van der Waals surface area (Å²) in [4.78, 5) is 14.1. The predicted octanol–water partition coefficient (Wildman–Crippen LogP) is 2.11. The smallest absolute Gasteiger partial charge is 0.254 e. The number of ether oxygens (including phenoxy) is 1. The van der Waals surface area contributed by atoms with Gasteiger partial charge in [-0.25, -0.2) is 12.8 Å². The third kappa shape index (κ3) is 4.92. The van der Waals surface area contributed by atoms with Crippen molar-refractivity contribution in [3.05, 3.63) is 29.6 Å². The van der Waals surface area contributed by atoms with Gasteiger partial charge in [0.25, 0.3) is 5.91 Å². The maximum atomic E-state index is 13.9. The van der Waals surface area contributed by atoms with Crippen LogP contribution in [-0.4, -0.2) is 62.1 Å². The number of carbonyl (C=O) groups is 1. The molecule has 0 radical (unpaired) electrons. The number of rotatable bonds is 7. The number of carbonyl (C=O) groups excluding carboxylic acids is 1. The summed E-state index contributed by atoms with van der Waals surface area (Å²) in [5.41, 5.74) is 0.239. The van der Waals surface area contributed by atoms with Gasteiger partial charge in [-0.2, -0.15) is 4.31 Å². The zero-order valence-corrected chi connectivity index (χ0v) is 15.5. The van der Waals surface area contributed by atoms with Crippen molar-refractivity contribution in [1.82, 2.24) is 9.21 Å². The topological polar surface area (TPSA) is 66.9 Å². The van der Waals surface area contributed by atoms with Crippen LogP contribution in [0, 0.1) is 5.82 Å². The maximum absolute atomic E-state index is 13.9. The molecule has 1 aromatic carbocycles. The Labute approximate surface area is 148 Å². The first-order chi connectivity index (χ1) is 11.9. The quantitative estimate of drug-likeness (QED) is 0.735. The first-order valence-electron chi connectivity index (χ1n) is 8.58. The molecule has 0 bridgehead atoms.